The van der Waals surface area contributed by atoms with E-state index in [1.165, 1.54) is 0 Å². The van der Waals surface area contributed by atoms with Crippen molar-refractivity contribution in [3.63, 3.8) is 0 Å². The highest BCUT2D eigenvalue weighted by Crippen LogP contribution is 2.21. The zero-order chi connectivity index (χ0) is 13.2. The Morgan fingerprint density at radius 3 is 2.78 bits per heavy atom. The molecular formula is C13H17ClO4. The predicted octanol–water partition coefficient (Wildman–Crippen LogP) is 2.58. The van der Waals surface area contributed by atoms with E-state index in [0.717, 1.165) is 12.7 Å². The Labute approximate surface area is 112 Å². The summed E-state index contributed by atoms with van der Waals surface area (Å²) in [6.45, 7) is 2.17. The van der Waals surface area contributed by atoms with Gasteiger partial charge >= 0.3 is 0 Å². The molecule has 0 radical (unpaired) electrons. The predicted molar refractivity (Wildman–Crippen MR) is 69.6 cm³/mol. The summed E-state index contributed by atoms with van der Waals surface area (Å²) in [6, 6.07) is 4.90. The van der Waals surface area contributed by atoms with Gasteiger partial charge in [-0.3, -0.25) is 4.79 Å². The zero-order valence-electron chi connectivity index (χ0n) is 10.4. The van der Waals surface area contributed by atoms with E-state index in [4.69, 9.17) is 25.8 Å². The SMILES string of the molecule is COCCCOCCOc1cc(Cl)ccc1C=O. The first-order valence-corrected chi connectivity index (χ1v) is 6.10. The molecule has 0 atom stereocenters. The lowest BCUT2D eigenvalue weighted by Crippen LogP contribution is -2.09. The van der Waals surface area contributed by atoms with Crippen LogP contribution in [0.1, 0.15) is 16.8 Å². The molecule has 18 heavy (non-hydrogen) atoms. The van der Waals surface area contributed by atoms with E-state index in [1.807, 2.05) is 0 Å². The fourth-order valence-corrected chi connectivity index (χ4v) is 1.51. The van der Waals surface area contributed by atoms with E-state index in [9.17, 15) is 4.79 Å². The number of halogens is 1. The summed E-state index contributed by atoms with van der Waals surface area (Å²) in [6.07, 6.45) is 1.60. The Balaban J connectivity index is 2.26. The monoisotopic (exact) mass is 272 g/mol. The number of aldehydes is 1. The minimum atomic E-state index is 0.383. The number of ether oxygens (including phenoxy) is 3. The fraction of sp³-hybridized carbons (Fsp3) is 0.462. The average molecular weight is 273 g/mol. The smallest absolute Gasteiger partial charge is 0.153 e. The maximum Gasteiger partial charge on any atom is 0.153 e. The molecule has 0 fully saturated rings. The third kappa shape index (κ3) is 5.49. The molecule has 0 bridgehead atoms. The van der Waals surface area contributed by atoms with E-state index in [2.05, 4.69) is 0 Å². The Kier molecular flexibility index (Phi) is 7.41. The third-order valence-electron chi connectivity index (χ3n) is 2.22. The normalized spacial score (nSPS) is 10.3. The van der Waals surface area contributed by atoms with Gasteiger partial charge in [-0.15, -0.1) is 0 Å². The summed E-state index contributed by atoms with van der Waals surface area (Å²) in [4.78, 5) is 10.8. The van der Waals surface area contributed by atoms with Crippen LogP contribution in [0.5, 0.6) is 5.75 Å². The first kappa shape index (κ1) is 15.0. The van der Waals surface area contributed by atoms with Gasteiger partial charge in [0.25, 0.3) is 0 Å². The first-order chi connectivity index (χ1) is 8.77. The van der Waals surface area contributed by atoms with Crippen molar-refractivity contribution in [1.82, 2.24) is 0 Å². The quantitative estimate of drug-likeness (QED) is 0.512. The Morgan fingerprint density at radius 2 is 2.06 bits per heavy atom. The van der Waals surface area contributed by atoms with E-state index < -0.39 is 0 Å². The molecule has 4 nitrogen and oxygen atoms in total. The summed E-state index contributed by atoms with van der Waals surface area (Å²) < 4.78 is 15.7. The number of hydrogen-bond donors (Lipinski definition) is 0. The molecule has 0 spiro atoms. The molecule has 0 heterocycles. The third-order valence-corrected chi connectivity index (χ3v) is 2.46. The van der Waals surface area contributed by atoms with Crippen molar-refractivity contribution < 1.29 is 19.0 Å². The van der Waals surface area contributed by atoms with Crippen LogP contribution in [-0.4, -0.2) is 39.8 Å². The van der Waals surface area contributed by atoms with E-state index >= 15 is 0 Å². The molecule has 100 valence electrons. The zero-order valence-corrected chi connectivity index (χ0v) is 11.1. The number of benzene rings is 1. The van der Waals surface area contributed by atoms with Crippen molar-refractivity contribution >= 4 is 17.9 Å². The minimum absolute atomic E-state index is 0.383. The summed E-state index contributed by atoms with van der Waals surface area (Å²) in [5.74, 6) is 0.484. The van der Waals surface area contributed by atoms with Crippen molar-refractivity contribution in [1.29, 1.82) is 0 Å². The molecule has 0 aromatic heterocycles. The van der Waals surface area contributed by atoms with Gasteiger partial charge in [0.05, 0.1) is 12.2 Å². The highest BCUT2D eigenvalue weighted by atomic mass is 35.5. The summed E-state index contributed by atoms with van der Waals surface area (Å²) in [5, 5.41) is 0.539. The van der Waals surface area contributed by atoms with Gasteiger partial charge in [-0.25, -0.2) is 0 Å². The highest BCUT2D eigenvalue weighted by Gasteiger charge is 2.03. The lowest BCUT2D eigenvalue weighted by molar-refractivity contribution is 0.0802. The molecule has 0 saturated heterocycles. The number of carbonyl (C=O) groups is 1. The van der Waals surface area contributed by atoms with Gasteiger partial charge in [0.15, 0.2) is 6.29 Å². The maximum absolute atomic E-state index is 10.8. The van der Waals surface area contributed by atoms with Crippen LogP contribution < -0.4 is 4.74 Å². The maximum atomic E-state index is 10.8. The second kappa shape index (κ2) is 8.91. The Hall–Kier alpha value is -1.10. The van der Waals surface area contributed by atoms with E-state index in [1.54, 1.807) is 25.3 Å². The van der Waals surface area contributed by atoms with Crippen molar-refractivity contribution in [2.24, 2.45) is 0 Å². The van der Waals surface area contributed by atoms with Crippen LogP contribution in [0.15, 0.2) is 18.2 Å². The van der Waals surface area contributed by atoms with Crippen LogP contribution >= 0.6 is 11.6 Å². The van der Waals surface area contributed by atoms with Crippen molar-refractivity contribution in [2.75, 3.05) is 33.5 Å². The van der Waals surface area contributed by atoms with Crippen LogP contribution in [0.4, 0.5) is 0 Å². The Bertz CT molecular complexity index is 368. The number of rotatable bonds is 9. The summed E-state index contributed by atoms with van der Waals surface area (Å²) in [7, 11) is 1.66. The molecule has 0 aliphatic rings. The van der Waals surface area contributed by atoms with E-state index in [0.29, 0.717) is 42.8 Å². The van der Waals surface area contributed by atoms with Gasteiger partial charge in [-0.05, 0) is 24.6 Å². The molecule has 0 N–H and O–H groups in total. The second-order valence-corrected chi connectivity index (χ2v) is 4.04. The molecule has 1 rings (SSSR count). The molecule has 1 aromatic carbocycles. The van der Waals surface area contributed by atoms with Crippen molar-refractivity contribution in [3.8, 4) is 5.75 Å². The largest absolute Gasteiger partial charge is 0.490 e. The van der Waals surface area contributed by atoms with E-state index in [-0.39, 0.29) is 0 Å². The van der Waals surface area contributed by atoms with Crippen LogP contribution in [0.25, 0.3) is 0 Å². The lowest BCUT2D eigenvalue weighted by Gasteiger charge is -2.09. The van der Waals surface area contributed by atoms with Gasteiger partial charge in [-0.2, -0.15) is 0 Å². The van der Waals surface area contributed by atoms with Crippen molar-refractivity contribution in [3.05, 3.63) is 28.8 Å². The highest BCUT2D eigenvalue weighted by molar-refractivity contribution is 6.30. The van der Waals surface area contributed by atoms with Crippen LogP contribution in [-0.2, 0) is 9.47 Å². The summed E-state index contributed by atoms with van der Waals surface area (Å²) >= 11 is 5.83. The topological polar surface area (TPSA) is 44.8 Å². The number of hydrogen-bond acceptors (Lipinski definition) is 4. The molecule has 0 unspecified atom stereocenters. The number of carbonyl (C=O) groups excluding carboxylic acids is 1. The van der Waals surface area contributed by atoms with Gasteiger partial charge in [0, 0.05) is 25.3 Å². The van der Waals surface area contributed by atoms with Crippen LogP contribution in [0.2, 0.25) is 5.02 Å². The lowest BCUT2D eigenvalue weighted by atomic mass is 10.2. The fourth-order valence-electron chi connectivity index (χ4n) is 1.35. The molecular weight excluding hydrogens is 256 g/mol. The second-order valence-electron chi connectivity index (χ2n) is 3.61. The molecule has 0 amide bonds. The van der Waals surface area contributed by atoms with Gasteiger partial charge < -0.3 is 14.2 Å². The Morgan fingerprint density at radius 1 is 1.22 bits per heavy atom. The minimum Gasteiger partial charge on any atom is -0.490 e. The molecule has 0 aliphatic carbocycles. The van der Waals surface area contributed by atoms with Gasteiger partial charge in [0.2, 0.25) is 0 Å². The molecule has 0 saturated carbocycles. The molecule has 5 heteroatoms. The first-order valence-electron chi connectivity index (χ1n) is 5.72. The average Bonchev–Trinajstić information content (AvgIpc) is 2.38. The standard InChI is InChI=1S/C13H17ClO4/c1-16-5-2-6-17-7-8-18-13-9-12(14)4-3-11(13)10-15/h3-4,9-10H,2,5-8H2,1H3. The summed E-state index contributed by atoms with van der Waals surface area (Å²) in [5.41, 5.74) is 0.485. The molecule has 0 aliphatic heterocycles. The van der Waals surface area contributed by atoms with Crippen molar-refractivity contribution in [2.45, 2.75) is 6.42 Å². The van der Waals surface area contributed by atoms with Crippen LogP contribution in [0.3, 0.4) is 0 Å². The van der Waals surface area contributed by atoms with Gasteiger partial charge in [-0.1, -0.05) is 11.6 Å². The van der Waals surface area contributed by atoms with Gasteiger partial charge in [0.1, 0.15) is 12.4 Å². The molecule has 1 aromatic rings. The van der Waals surface area contributed by atoms with Crippen LogP contribution in [0, 0.1) is 0 Å². The number of methoxy groups -OCH3 is 1.